The van der Waals surface area contributed by atoms with E-state index in [-0.39, 0.29) is 0 Å². The van der Waals surface area contributed by atoms with Gasteiger partial charge >= 0.3 is 0 Å². The van der Waals surface area contributed by atoms with Crippen molar-refractivity contribution in [1.29, 1.82) is 0 Å². The zero-order valence-corrected chi connectivity index (χ0v) is 12.2. The summed E-state index contributed by atoms with van der Waals surface area (Å²) in [6.07, 6.45) is 7.66. The summed E-state index contributed by atoms with van der Waals surface area (Å²) >= 11 is 0. The summed E-state index contributed by atoms with van der Waals surface area (Å²) in [6.45, 7) is 4.98. The Morgan fingerprint density at radius 1 is 1.16 bits per heavy atom. The van der Waals surface area contributed by atoms with Gasteiger partial charge in [-0.2, -0.15) is 0 Å². The molecular weight excluding hydrogens is 234 g/mol. The summed E-state index contributed by atoms with van der Waals surface area (Å²) in [6, 6.07) is 9.47. The van der Waals surface area contributed by atoms with Crippen molar-refractivity contribution in [2.24, 2.45) is 0 Å². The first-order chi connectivity index (χ1) is 9.38. The average Bonchev–Trinajstić information content (AvgIpc) is 2.47. The first kappa shape index (κ1) is 14.5. The molecule has 0 aromatic heterocycles. The Balaban J connectivity index is 1.67. The van der Waals surface area contributed by atoms with Crippen LogP contribution in [0.5, 0.6) is 0 Å². The summed E-state index contributed by atoms with van der Waals surface area (Å²) < 4.78 is 5.82. The summed E-state index contributed by atoms with van der Waals surface area (Å²) in [4.78, 5) is 0. The van der Waals surface area contributed by atoms with Gasteiger partial charge in [0.15, 0.2) is 0 Å². The SMILES string of the molecule is CCCCc1ccc(COCC2CCCCN2)cc1. The second-order valence-corrected chi connectivity index (χ2v) is 5.58. The van der Waals surface area contributed by atoms with E-state index in [0.29, 0.717) is 6.04 Å². The quantitative estimate of drug-likeness (QED) is 0.808. The molecule has 1 saturated heterocycles. The molecule has 2 rings (SSSR count). The van der Waals surface area contributed by atoms with Gasteiger partial charge in [0.1, 0.15) is 0 Å². The molecule has 0 radical (unpaired) electrons. The van der Waals surface area contributed by atoms with Gasteiger partial charge in [0, 0.05) is 6.04 Å². The third kappa shape index (κ3) is 5.33. The Bertz CT molecular complexity index is 341. The summed E-state index contributed by atoms with van der Waals surface area (Å²) in [7, 11) is 0. The maximum absolute atomic E-state index is 5.82. The Kier molecular flexibility index (Phi) is 6.38. The van der Waals surface area contributed by atoms with Gasteiger partial charge in [-0.15, -0.1) is 0 Å². The Morgan fingerprint density at radius 3 is 2.63 bits per heavy atom. The lowest BCUT2D eigenvalue weighted by molar-refractivity contribution is 0.0911. The van der Waals surface area contributed by atoms with Crippen molar-refractivity contribution in [3.63, 3.8) is 0 Å². The summed E-state index contributed by atoms with van der Waals surface area (Å²) in [5, 5.41) is 3.51. The van der Waals surface area contributed by atoms with Gasteiger partial charge < -0.3 is 10.1 Å². The highest BCUT2D eigenvalue weighted by Crippen LogP contribution is 2.11. The van der Waals surface area contributed by atoms with Gasteiger partial charge in [0.25, 0.3) is 0 Å². The molecule has 0 aliphatic carbocycles. The molecule has 1 atom stereocenters. The van der Waals surface area contributed by atoms with Gasteiger partial charge in [-0.3, -0.25) is 0 Å². The zero-order chi connectivity index (χ0) is 13.3. The van der Waals surface area contributed by atoms with Crippen LogP contribution < -0.4 is 5.32 Å². The number of benzene rings is 1. The number of hydrogen-bond acceptors (Lipinski definition) is 2. The number of unbranched alkanes of at least 4 members (excludes halogenated alkanes) is 1. The molecule has 1 heterocycles. The molecule has 1 aliphatic rings. The molecule has 106 valence electrons. The molecule has 1 fully saturated rings. The van der Waals surface area contributed by atoms with Gasteiger partial charge in [-0.05, 0) is 43.4 Å². The topological polar surface area (TPSA) is 21.3 Å². The van der Waals surface area contributed by atoms with Crippen molar-refractivity contribution in [3.8, 4) is 0 Å². The van der Waals surface area contributed by atoms with E-state index in [0.717, 1.165) is 19.8 Å². The minimum Gasteiger partial charge on any atom is -0.375 e. The Morgan fingerprint density at radius 2 is 1.95 bits per heavy atom. The number of nitrogens with one attached hydrogen (secondary N) is 1. The predicted octanol–water partition coefficient (Wildman–Crippen LogP) is 3.69. The van der Waals surface area contributed by atoms with Crippen LogP contribution in [0.2, 0.25) is 0 Å². The number of ether oxygens (including phenoxy) is 1. The van der Waals surface area contributed by atoms with Crippen molar-refractivity contribution >= 4 is 0 Å². The largest absolute Gasteiger partial charge is 0.375 e. The van der Waals surface area contributed by atoms with E-state index in [4.69, 9.17) is 4.74 Å². The minimum atomic E-state index is 0.567. The number of piperidine rings is 1. The van der Waals surface area contributed by atoms with Crippen molar-refractivity contribution in [1.82, 2.24) is 5.32 Å². The molecule has 0 spiro atoms. The lowest BCUT2D eigenvalue weighted by Crippen LogP contribution is -2.37. The van der Waals surface area contributed by atoms with Gasteiger partial charge in [-0.25, -0.2) is 0 Å². The van der Waals surface area contributed by atoms with Crippen LogP contribution in [0.15, 0.2) is 24.3 Å². The average molecular weight is 261 g/mol. The van der Waals surface area contributed by atoms with Crippen molar-refractivity contribution < 1.29 is 4.74 Å². The van der Waals surface area contributed by atoms with Crippen LogP contribution in [0, 0.1) is 0 Å². The van der Waals surface area contributed by atoms with Crippen LogP contribution >= 0.6 is 0 Å². The highest BCUT2D eigenvalue weighted by atomic mass is 16.5. The summed E-state index contributed by atoms with van der Waals surface area (Å²) in [5.41, 5.74) is 2.73. The lowest BCUT2D eigenvalue weighted by Gasteiger charge is -2.23. The molecule has 1 aromatic carbocycles. The fourth-order valence-electron chi connectivity index (χ4n) is 2.57. The Hall–Kier alpha value is -0.860. The highest BCUT2D eigenvalue weighted by Gasteiger charge is 2.11. The van der Waals surface area contributed by atoms with Crippen LogP contribution in [0.1, 0.15) is 50.2 Å². The van der Waals surface area contributed by atoms with E-state index in [1.54, 1.807) is 0 Å². The Labute approximate surface area is 117 Å². The van der Waals surface area contributed by atoms with Crippen LogP contribution in [-0.2, 0) is 17.8 Å². The normalized spacial score (nSPS) is 19.5. The van der Waals surface area contributed by atoms with E-state index < -0.39 is 0 Å². The minimum absolute atomic E-state index is 0.567. The third-order valence-electron chi connectivity index (χ3n) is 3.84. The van der Waals surface area contributed by atoms with Gasteiger partial charge in [0.2, 0.25) is 0 Å². The first-order valence-corrected chi connectivity index (χ1v) is 7.77. The molecule has 1 unspecified atom stereocenters. The molecule has 2 nitrogen and oxygen atoms in total. The van der Waals surface area contributed by atoms with E-state index in [1.165, 1.54) is 49.7 Å². The molecule has 0 saturated carbocycles. The number of rotatable bonds is 7. The maximum atomic E-state index is 5.82. The first-order valence-electron chi connectivity index (χ1n) is 7.77. The van der Waals surface area contributed by atoms with E-state index in [2.05, 4.69) is 36.5 Å². The lowest BCUT2D eigenvalue weighted by atomic mass is 10.1. The van der Waals surface area contributed by atoms with Crippen LogP contribution in [-0.4, -0.2) is 19.2 Å². The monoisotopic (exact) mass is 261 g/mol. The predicted molar refractivity (Wildman–Crippen MR) is 80.4 cm³/mol. The molecule has 0 bridgehead atoms. The molecule has 1 N–H and O–H groups in total. The maximum Gasteiger partial charge on any atom is 0.0717 e. The third-order valence-corrected chi connectivity index (χ3v) is 3.84. The summed E-state index contributed by atoms with van der Waals surface area (Å²) in [5.74, 6) is 0. The van der Waals surface area contributed by atoms with Crippen molar-refractivity contribution in [3.05, 3.63) is 35.4 Å². The van der Waals surface area contributed by atoms with E-state index in [9.17, 15) is 0 Å². The zero-order valence-electron chi connectivity index (χ0n) is 12.2. The van der Waals surface area contributed by atoms with Crippen molar-refractivity contribution in [2.45, 2.75) is 58.1 Å². The van der Waals surface area contributed by atoms with Gasteiger partial charge in [-0.1, -0.05) is 44.0 Å². The van der Waals surface area contributed by atoms with Crippen molar-refractivity contribution in [2.75, 3.05) is 13.2 Å². The molecule has 19 heavy (non-hydrogen) atoms. The van der Waals surface area contributed by atoms with Crippen LogP contribution in [0.4, 0.5) is 0 Å². The number of aryl methyl sites for hydroxylation is 1. The molecular formula is C17H27NO. The highest BCUT2D eigenvalue weighted by molar-refractivity contribution is 5.22. The standard InChI is InChI=1S/C17H27NO/c1-2-3-6-15-8-10-16(11-9-15)13-19-14-17-7-4-5-12-18-17/h8-11,17-18H,2-7,12-14H2,1H3. The van der Waals surface area contributed by atoms with E-state index in [1.807, 2.05) is 0 Å². The van der Waals surface area contributed by atoms with Crippen LogP contribution in [0.3, 0.4) is 0 Å². The molecule has 1 aromatic rings. The van der Waals surface area contributed by atoms with Crippen LogP contribution in [0.25, 0.3) is 0 Å². The second-order valence-electron chi connectivity index (χ2n) is 5.58. The smallest absolute Gasteiger partial charge is 0.0717 e. The molecule has 2 heteroatoms. The fraction of sp³-hybridized carbons (Fsp3) is 0.647. The molecule has 0 amide bonds. The van der Waals surface area contributed by atoms with Gasteiger partial charge in [0.05, 0.1) is 13.2 Å². The second kappa shape index (κ2) is 8.34. The number of hydrogen-bond donors (Lipinski definition) is 1. The fourth-order valence-corrected chi connectivity index (χ4v) is 2.57. The molecule has 1 aliphatic heterocycles. The van der Waals surface area contributed by atoms with E-state index >= 15 is 0 Å².